The second kappa shape index (κ2) is 8.02. The number of benzene rings is 2. The average Bonchev–Trinajstić information content (AvgIpc) is 3.11. The van der Waals surface area contributed by atoms with E-state index < -0.39 is 0 Å². The SMILES string of the molecule is C=CC1c2ccccc2N2c3nc(-c4c(C(C)C)cccc4C(C)C)ncc3N(C)C2C1C. The molecule has 3 atom stereocenters. The van der Waals surface area contributed by atoms with Crippen molar-refractivity contribution >= 4 is 17.2 Å². The highest BCUT2D eigenvalue weighted by Gasteiger charge is 2.46. The van der Waals surface area contributed by atoms with Crippen LogP contribution in [0.5, 0.6) is 0 Å². The van der Waals surface area contributed by atoms with Crippen molar-refractivity contribution in [3.8, 4) is 11.4 Å². The van der Waals surface area contributed by atoms with Crippen LogP contribution in [-0.2, 0) is 0 Å². The molecule has 0 N–H and O–H groups in total. The Labute approximate surface area is 198 Å². The second-order valence-corrected chi connectivity index (χ2v) is 10.1. The van der Waals surface area contributed by atoms with Gasteiger partial charge in [0.05, 0.1) is 6.20 Å². The lowest BCUT2D eigenvalue weighted by molar-refractivity contribution is 0.402. The van der Waals surface area contributed by atoms with E-state index in [1.807, 2.05) is 6.20 Å². The van der Waals surface area contributed by atoms with Gasteiger partial charge in [-0.15, -0.1) is 6.58 Å². The molecule has 5 rings (SSSR count). The van der Waals surface area contributed by atoms with Gasteiger partial charge in [-0.25, -0.2) is 9.97 Å². The van der Waals surface area contributed by atoms with Gasteiger partial charge in [0.2, 0.25) is 0 Å². The molecular weight excluding hydrogens is 404 g/mol. The molecule has 3 unspecified atom stereocenters. The normalized spacial score (nSPS) is 21.3. The molecule has 0 radical (unpaired) electrons. The molecule has 0 bridgehead atoms. The van der Waals surface area contributed by atoms with E-state index in [-0.39, 0.29) is 6.17 Å². The van der Waals surface area contributed by atoms with E-state index in [4.69, 9.17) is 9.97 Å². The van der Waals surface area contributed by atoms with Crippen LogP contribution in [0.25, 0.3) is 11.4 Å². The van der Waals surface area contributed by atoms with Gasteiger partial charge in [0.25, 0.3) is 0 Å². The number of aromatic nitrogens is 2. The number of fused-ring (bicyclic) bond motifs is 5. The summed E-state index contributed by atoms with van der Waals surface area (Å²) in [5, 5.41) is 0. The van der Waals surface area contributed by atoms with Crippen molar-refractivity contribution in [1.29, 1.82) is 0 Å². The molecule has 0 aliphatic carbocycles. The van der Waals surface area contributed by atoms with Crippen LogP contribution in [0.3, 0.4) is 0 Å². The van der Waals surface area contributed by atoms with Crippen LogP contribution in [-0.4, -0.2) is 23.2 Å². The number of nitrogens with zero attached hydrogens (tertiary/aromatic N) is 4. The van der Waals surface area contributed by atoms with Gasteiger partial charge < -0.3 is 9.80 Å². The van der Waals surface area contributed by atoms with E-state index in [1.165, 1.54) is 27.9 Å². The third-order valence-corrected chi connectivity index (χ3v) is 7.46. The third-order valence-electron chi connectivity index (χ3n) is 7.46. The van der Waals surface area contributed by atoms with E-state index in [2.05, 4.69) is 107 Å². The second-order valence-electron chi connectivity index (χ2n) is 10.1. The molecule has 3 heterocycles. The number of para-hydroxylation sites is 1. The molecule has 1 aromatic heterocycles. The van der Waals surface area contributed by atoms with Crippen LogP contribution in [0.2, 0.25) is 0 Å². The van der Waals surface area contributed by atoms with Gasteiger partial charge in [0.15, 0.2) is 11.6 Å². The maximum Gasteiger partial charge on any atom is 0.162 e. The number of anilines is 3. The Hall–Kier alpha value is -3.14. The molecule has 0 saturated carbocycles. The van der Waals surface area contributed by atoms with Gasteiger partial charge in [0.1, 0.15) is 11.9 Å². The van der Waals surface area contributed by atoms with Crippen LogP contribution in [0.4, 0.5) is 17.2 Å². The van der Waals surface area contributed by atoms with Crippen LogP contribution in [0, 0.1) is 5.92 Å². The number of rotatable bonds is 4. The molecule has 4 heteroatoms. The Morgan fingerprint density at radius 2 is 1.61 bits per heavy atom. The summed E-state index contributed by atoms with van der Waals surface area (Å²) in [6, 6.07) is 15.3. The van der Waals surface area contributed by atoms with Gasteiger partial charge in [-0.3, -0.25) is 0 Å². The first kappa shape index (κ1) is 21.7. The zero-order valence-electron chi connectivity index (χ0n) is 20.6. The molecule has 170 valence electrons. The summed E-state index contributed by atoms with van der Waals surface area (Å²) in [5.41, 5.74) is 7.44. The fourth-order valence-corrected chi connectivity index (χ4v) is 5.81. The van der Waals surface area contributed by atoms with Crippen LogP contribution in [0.15, 0.2) is 61.3 Å². The molecule has 4 nitrogen and oxygen atoms in total. The lowest BCUT2D eigenvalue weighted by Gasteiger charge is -2.43. The fourth-order valence-electron chi connectivity index (χ4n) is 5.81. The van der Waals surface area contributed by atoms with Crippen LogP contribution < -0.4 is 9.80 Å². The van der Waals surface area contributed by atoms with Gasteiger partial charge in [-0.1, -0.05) is 77.1 Å². The van der Waals surface area contributed by atoms with Crippen molar-refractivity contribution in [1.82, 2.24) is 9.97 Å². The summed E-state index contributed by atoms with van der Waals surface area (Å²) in [5.74, 6) is 3.30. The van der Waals surface area contributed by atoms with E-state index in [9.17, 15) is 0 Å². The number of hydrogen-bond acceptors (Lipinski definition) is 4. The van der Waals surface area contributed by atoms with Crippen molar-refractivity contribution in [3.05, 3.63) is 78.0 Å². The molecule has 0 saturated heterocycles. The van der Waals surface area contributed by atoms with E-state index in [0.717, 1.165) is 17.3 Å². The molecule has 0 fully saturated rings. The molecule has 3 aromatic rings. The predicted octanol–water partition coefficient (Wildman–Crippen LogP) is 7.22. The summed E-state index contributed by atoms with van der Waals surface area (Å²) in [6.07, 6.45) is 4.31. The molecular formula is C29H34N4. The Morgan fingerprint density at radius 1 is 0.939 bits per heavy atom. The molecule has 2 aliphatic heterocycles. The van der Waals surface area contributed by atoms with Gasteiger partial charge in [0, 0.05) is 30.1 Å². The largest absolute Gasteiger partial charge is 0.349 e. The van der Waals surface area contributed by atoms with Gasteiger partial charge in [-0.2, -0.15) is 0 Å². The molecule has 0 amide bonds. The number of allylic oxidation sites excluding steroid dienone is 1. The average molecular weight is 439 g/mol. The zero-order valence-corrected chi connectivity index (χ0v) is 20.6. The molecule has 0 spiro atoms. The van der Waals surface area contributed by atoms with Crippen molar-refractivity contribution in [2.75, 3.05) is 16.8 Å². The Balaban J connectivity index is 1.73. The highest BCUT2D eigenvalue weighted by Crippen LogP contribution is 2.53. The molecule has 2 aromatic carbocycles. The van der Waals surface area contributed by atoms with Crippen molar-refractivity contribution < 1.29 is 0 Å². The topological polar surface area (TPSA) is 32.3 Å². The van der Waals surface area contributed by atoms with Gasteiger partial charge >= 0.3 is 0 Å². The maximum atomic E-state index is 5.28. The highest BCUT2D eigenvalue weighted by molar-refractivity contribution is 5.84. The summed E-state index contributed by atoms with van der Waals surface area (Å²) in [7, 11) is 2.17. The monoisotopic (exact) mass is 438 g/mol. The lowest BCUT2D eigenvalue weighted by Crippen LogP contribution is -2.48. The Kier molecular flexibility index (Phi) is 5.27. The van der Waals surface area contributed by atoms with Gasteiger partial charge in [-0.05, 0) is 34.6 Å². The molecule has 2 aliphatic rings. The quantitative estimate of drug-likeness (QED) is 0.402. The minimum atomic E-state index is 0.187. The first-order chi connectivity index (χ1) is 15.8. The smallest absolute Gasteiger partial charge is 0.162 e. The summed E-state index contributed by atoms with van der Waals surface area (Å²) in [6.45, 7) is 15.5. The standard InChI is InChI=1S/C29H34N4/c1-8-20-19(6)29-32(7)25-16-30-27(26-21(17(2)3)13-11-14-22(26)18(4)5)31-28(25)33(29)24-15-10-9-12-23(20)24/h8-20,29H,1H2,2-7H3. The fraction of sp³-hybridized carbons (Fsp3) is 0.379. The third kappa shape index (κ3) is 3.18. The molecule has 33 heavy (non-hydrogen) atoms. The minimum Gasteiger partial charge on any atom is -0.349 e. The lowest BCUT2D eigenvalue weighted by atomic mass is 9.80. The Morgan fingerprint density at radius 3 is 2.24 bits per heavy atom. The summed E-state index contributed by atoms with van der Waals surface area (Å²) >= 11 is 0. The van der Waals surface area contributed by atoms with Crippen LogP contribution in [0.1, 0.15) is 69.1 Å². The van der Waals surface area contributed by atoms with Crippen molar-refractivity contribution in [2.24, 2.45) is 5.92 Å². The summed E-state index contributed by atoms with van der Waals surface area (Å²) < 4.78 is 0. The maximum absolute atomic E-state index is 5.28. The van der Waals surface area contributed by atoms with E-state index >= 15 is 0 Å². The summed E-state index contributed by atoms with van der Waals surface area (Å²) in [4.78, 5) is 15.0. The zero-order chi connectivity index (χ0) is 23.4. The van der Waals surface area contributed by atoms with Crippen molar-refractivity contribution in [3.63, 3.8) is 0 Å². The predicted molar refractivity (Wildman–Crippen MR) is 139 cm³/mol. The first-order valence-corrected chi connectivity index (χ1v) is 12.1. The number of hydrogen-bond donors (Lipinski definition) is 0. The first-order valence-electron chi connectivity index (χ1n) is 12.1. The van der Waals surface area contributed by atoms with Crippen LogP contribution >= 0.6 is 0 Å². The van der Waals surface area contributed by atoms with E-state index in [1.54, 1.807) is 0 Å². The highest BCUT2D eigenvalue weighted by atomic mass is 15.4. The van der Waals surface area contributed by atoms with Crippen molar-refractivity contribution in [2.45, 2.75) is 58.5 Å². The Bertz CT molecular complexity index is 1190. The minimum absolute atomic E-state index is 0.187. The van der Waals surface area contributed by atoms with E-state index in [0.29, 0.717) is 23.7 Å².